The Labute approximate surface area is 125 Å². The molecule has 0 unspecified atom stereocenters. The maximum atomic E-state index is 11.6. The number of benzene rings is 1. The van der Waals surface area contributed by atoms with Crippen LogP contribution in [-0.4, -0.2) is 10.9 Å². The Balaban J connectivity index is 2.11. The maximum absolute atomic E-state index is 11.6. The number of hydrogen-bond acceptors (Lipinski definition) is 3. The number of aryl methyl sites for hydroxylation is 2. The molecule has 0 bridgehead atoms. The minimum atomic E-state index is -0.416. The second-order valence-corrected chi connectivity index (χ2v) is 6.78. The van der Waals surface area contributed by atoms with Gasteiger partial charge in [0.05, 0.1) is 15.1 Å². The fraction of sp³-hybridized carbons (Fsp3) is 0.133. The number of nitrogens with two attached hydrogens (primary N) is 1. The first kappa shape index (κ1) is 13.3. The van der Waals surface area contributed by atoms with E-state index in [2.05, 4.69) is 37.0 Å². The number of nitrogens with one attached hydrogen (secondary N) is 1. The molecule has 5 heteroatoms. The van der Waals surface area contributed by atoms with Gasteiger partial charge in [-0.1, -0.05) is 17.8 Å². The minimum absolute atomic E-state index is 0.416. The number of carbonyl (C=O) groups is 1. The summed E-state index contributed by atoms with van der Waals surface area (Å²) in [7, 11) is 0. The Hall–Kier alpha value is -1.72. The molecule has 0 radical (unpaired) electrons. The topological polar surface area (TPSA) is 58.9 Å². The molecule has 0 saturated heterocycles. The zero-order valence-corrected chi connectivity index (χ0v) is 12.8. The van der Waals surface area contributed by atoms with Gasteiger partial charge in [-0.05, 0) is 48.6 Å². The molecule has 20 heavy (non-hydrogen) atoms. The van der Waals surface area contributed by atoms with E-state index in [0.29, 0.717) is 5.69 Å². The van der Waals surface area contributed by atoms with Gasteiger partial charge in [-0.2, -0.15) is 0 Å². The lowest BCUT2D eigenvalue weighted by Gasteiger charge is -2.05. The van der Waals surface area contributed by atoms with Crippen LogP contribution in [0.5, 0.6) is 0 Å². The monoisotopic (exact) mass is 302 g/mol. The molecular weight excluding hydrogens is 288 g/mol. The molecule has 102 valence electrons. The van der Waals surface area contributed by atoms with Crippen LogP contribution in [-0.2, 0) is 0 Å². The summed E-state index contributed by atoms with van der Waals surface area (Å²) in [5.74, 6) is -0.416. The number of carbonyl (C=O) groups excluding carboxylic acids is 1. The van der Waals surface area contributed by atoms with E-state index in [1.54, 1.807) is 23.1 Å². The van der Waals surface area contributed by atoms with Crippen molar-refractivity contribution in [2.45, 2.75) is 23.6 Å². The van der Waals surface area contributed by atoms with Gasteiger partial charge in [0.25, 0.3) is 5.91 Å². The Morgan fingerprint density at radius 3 is 2.60 bits per heavy atom. The number of H-pyrrole nitrogens is 1. The second-order valence-electron chi connectivity index (χ2n) is 4.78. The molecule has 1 aromatic carbocycles. The van der Waals surface area contributed by atoms with E-state index in [9.17, 15) is 4.79 Å². The van der Waals surface area contributed by atoms with Crippen LogP contribution in [0.4, 0.5) is 0 Å². The molecule has 0 aliphatic carbocycles. The summed E-state index contributed by atoms with van der Waals surface area (Å²) < 4.78 is 1.09. The Kier molecular flexibility index (Phi) is 3.31. The van der Waals surface area contributed by atoms with Gasteiger partial charge in [0, 0.05) is 4.90 Å². The predicted octanol–water partition coefficient (Wildman–Crippen LogP) is 4.10. The van der Waals surface area contributed by atoms with Crippen molar-refractivity contribution in [2.75, 3.05) is 0 Å². The van der Waals surface area contributed by atoms with Crippen LogP contribution in [0.25, 0.3) is 10.2 Å². The number of aromatic amines is 1. The zero-order chi connectivity index (χ0) is 14.3. The van der Waals surface area contributed by atoms with E-state index in [1.165, 1.54) is 11.1 Å². The SMILES string of the molecule is Cc1cc(C)cc(Sc2c(C(N)=O)[nH]c3ccsc23)c1. The van der Waals surface area contributed by atoms with Gasteiger partial charge in [0.2, 0.25) is 0 Å². The van der Waals surface area contributed by atoms with Crippen LogP contribution in [0.2, 0.25) is 0 Å². The summed E-state index contributed by atoms with van der Waals surface area (Å²) in [6.07, 6.45) is 0. The molecule has 0 aliphatic rings. The lowest BCUT2D eigenvalue weighted by molar-refractivity contribution is 0.0993. The number of fused-ring (bicyclic) bond motifs is 1. The van der Waals surface area contributed by atoms with Gasteiger partial charge >= 0.3 is 0 Å². The Morgan fingerprint density at radius 2 is 1.95 bits per heavy atom. The quantitative estimate of drug-likeness (QED) is 0.765. The van der Waals surface area contributed by atoms with E-state index in [4.69, 9.17) is 5.73 Å². The summed E-state index contributed by atoms with van der Waals surface area (Å²) in [5, 5.41) is 2.01. The maximum Gasteiger partial charge on any atom is 0.266 e. The van der Waals surface area contributed by atoms with Crippen molar-refractivity contribution in [1.29, 1.82) is 0 Å². The highest BCUT2D eigenvalue weighted by molar-refractivity contribution is 7.99. The first-order valence-corrected chi connectivity index (χ1v) is 7.89. The lowest BCUT2D eigenvalue weighted by Crippen LogP contribution is -2.12. The van der Waals surface area contributed by atoms with Crippen molar-refractivity contribution >= 4 is 39.2 Å². The summed E-state index contributed by atoms with van der Waals surface area (Å²) in [4.78, 5) is 16.8. The molecule has 3 N–H and O–H groups in total. The third-order valence-corrected chi connectivity index (χ3v) is 5.16. The number of thiophene rings is 1. The lowest BCUT2D eigenvalue weighted by atomic mass is 10.2. The molecule has 1 amide bonds. The van der Waals surface area contributed by atoms with E-state index in [-0.39, 0.29) is 0 Å². The number of primary amides is 1. The number of rotatable bonds is 3. The summed E-state index contributed by atoms with van der Waals surface area (Å²) in [5.41, 5.74) is 9.36. The molecule has 0 atom stereocenters. The van der Waals surface area contributed by atoms with Gasteiger partial charge < -0.3 is 10.7 Å². The van der Waals surface area contributed by atoms with Crippen molar-refractivity contribution in [2.24, 2.45) is 5.73 Å². The van der Waals surface area contributed by atoms with Crippen molar-refractivity contribution < 1.29 is 4.79 Å². The van der Waals surface area contributed by atoms with Gasteiger partial charge in [0.1, 0.15) is 5.69 Å². The highest BCUT2D eigenvalue weighted by atomic mass is 32.2. The molecule has 0 aliphatic heterocycles. The standard InChI is InChI=1S/C15H14N2OS2/c1-8-5-9(2)7-10(6-8)20-14-12(15(16)18)17-11-3-4-19-13(11)14/h3-7,17H,1-2H3,(H2,16,18). The van der Waals surface area contributed by atoms with Crippen LogP contribution in [0.1, 0.15) is 21.6 Å². The highest BCUT2D eigenvalue weighted by Gasteiger charge is 2.17. The number of amides is 1. The zero-order valence-electron chi connectivity index (χ0n) is 11.2. The van der Waals surface area contributed by atoms with E-state index >= 15 is 0 Å². The fourth-order valence-corrected chi connectivity index (χ4v) is 4.52. The number of hydrogen-bond donors (Lipinski definition) is 2. The average Bonchev–Trinajstić information content (AvgIpc) is 2.90. The predicted molar refractivity (Wildman–Crippen MR) is 84.7 cm³/mol. The highest BCUT2D eigenvalue weighted by Crippen LogP contribution is 2.39. The van der Waals surface area contributed by atoms with Crippen molar-refractivity contribution in [3.63, 3.8) is 0 Å². The Morgan fingerprint density at radius 1 is 1.25 bits per heavy atom. The average molecular weight is 302 g/mol. The summed E-state index contributed by atoms with van der Waals surface area (Å²) >= 11 is 3.21. The first-order valence-electron chi connectivity index (χ1n) is 6.19. The van der Waals surface area contributed by atoms with Crippen LogP contribution in [0.3, 0.4) is 0 Å². The normalized spacial score (nSPS) is 11.1. The second kappa shape index (κ2) is 5.00. The van der Waals surface area contributed by atoms with Crippen molar-refractivity contribution in [3.8, 4) is 0 Å². The fourth-order valence-electron chi connectivity index (χ4n) is 2.27. The van der Waals surface area contributed by atoms with Crippen LogP contribution in [0, 0.1) is 13.8 Å². The van der Waals surface area contributed by atoms with Gasteiger partial charge in [0.15, 0.2) is 0 Å². The van der Waals surface area contributed by atoms with E-state index < -0.39 is 5.91 Å². The van der Waals surface area contributed by atoms with Crippen LogP contribution >= 0.6 is 23.1 Å². The summed E-state index contributed by atoms with van der Waals surface area (Å²) in [6, 6.07) is 8.35. The molecule has 3 rings (SSSR count). The van der Waals surface area contributed by atoms with E-state index in [1.807, 2.05) is 11.4 Å². The van der Waals surface area contributed by atoms with Crippen LogP contribution < -0.4 is 5.73 Å². The summed E-state index contributed by atoms with van der Waals surface area (Å²) in [6.45, 7) is 4.15. The molecule has 0 spiro atoms. The van der Waals surface area contributed by atoms with Gasteiger partial charge in [-0.25, -0.2) is 0 Å². The van der Waals surface area contributed by atoms with Crippen molar-refractivity contribution in [1.82, 2.24) is 4.98 Å². The first-order chi connectivity index (χ1) is 9.54. The molecule has 3 aromatic rings. The third kappa shape index (κ3) is 2.34. The third-order valence-electron chi connectivity index (χ3n) is 3.02. The van der Waals surface area contributed by atoms with Gasteiger partial charge in [-0.3, -0.25) is 4.79 Å². The molecule has 0 saturated carbocycles. The molecule has 2 heterocycles. The molecular formula is C15H14N2OS2. The molecule has 3 nitrogen and oxygen atoms in total. The molecule has 0 fully saturated rings. The van der Waals surface area contributed by atoms with Crippen LogP contribution in [0.15, 0.2) is 39.4 Å². The van der Waals surface area contributed by atoms with Crippen molar-refractivity contribution in [3.05, 3.63) is 46.5 Å². The minimum Gasteiger partial charge on any atom is -0.364 e. The number of aromatic nitrogens is 1. The largest absolute Gasteiger partial charge is 0.364 e. The van der Waals surface area contributed by atoms with E-state index in [0.717, 1.165) is 20.0 Å². The van der Waals surface area contributed by atoms with Gasteiger partial charge in [-0.15, -0.1) is 11.3 Å². The molecule has 2 aromatic heterocycles. The Bertz CT molecular complexity index is 781. The smallest absolute Gasteiger partial charge is 0.266 e.